The van der Waals surface area contributed by atoms with E-state index in [1.54, 1.807) is 0 Å². The van der Waals surface area contributed by atoms with Crippen LogP contribution in [0.15, 0.2) is 59.0 Å². The largest absolute Gasteiger partial charge is 0.493 e. The van der Waals surface area contributed by atoms with Crippen molar-refractivity contribution in [2.24, 2.45) is 5.41 Å². The lowest BCUT2D eigenvalue weighted by molar-refractivity contribution is -0.0400. The van der Waals surface area contributed by atoms with Crippen molar-refractivity contribution >= 4 is 0 Å². The smallest absolute Gasteiger partial charge is 0.226 e. The molecule has 0 saturated heterocycles. The van der Waals surface area contributed by atoms with Gasteiger partial charge in [0.2, 0.25) is 5.89 Å². The Kier molecular flexibility index (Phi) is 5.72. The summed E-state index contributed by atoms with van der Waals surface area (Å²) in [7, 11) is 0. The second-order valence-electron chi connectivity index (χ2n) is 8.03. The van der Waals surface area contributed by atoms with Crippen LogP contribution < -0.4 is 4.74 Å². The predicted octanol–water partition coefficient (Wildman–Crippen LogP) is 5.89. The summed E-state index contributed by atoms with van der Waals surface area (Å²) >= 11 is 0. The number of benzene rings is 2. The van der Waals surface area contributed by atoms with Gasteiger partial charge in [-0.2, -0.15) is 0 Å². The molecule has 1 fully saturated rings. The number of aliphatic hydroxyl groups is 1. The normalized spacial score (nSPS) is 16.2. The highest BCUT2D eigenvalue weighted by molar-refractivity contribution is 5.53. The van der Waals surface area contributed by atoms with Crippen molar-refractivity contribution in [2.45, 2.75) is 52.1 Å². The first-order valence-electron chi connectivity index (χ1n) is 10.5. The van der Waals surface area contributed by atoms with Gasteiger partial charge in [0, 0.05) is 17.4 Å². The SMILES string of the molecule is CCC1(C(O)c2ccc(OCCc3nc(-c4ccccc4)oc3C)cc2)CCC1. The maximum absolute atomic E-state index is 10.8. The predicted molar refractivity (Wildman–Crippen MR) is 114 cm³/mol. The van der Waals surface area contributed by atoms with Gasteiger partial charge >= 0.3 is 0 Å². The van der Waals surface area contributed by atoms with Gasteiger partial charge in [-0.15, -0.1) is 0 Å². The van der Waals surface area contributed by atoms with E-state index in [9.17, 15) is 5.11 Å². The Morgan fingerprint density at radius 1 is 1.10 bits per heavy atom. The highest BCUT2D eigenvalue weighted by Crippen LogP contribution is 2.52. The quantitative estimate of drug-likeness (QED) is 0.520. The fourth-order valence-electron chi connectivity index (χ4n) is 4.18. The van der Waals surface area contributed by atoms with E-state index in [2.05, 4.69) is 11.9 Å². The van der Waals surface area contributed by atoms with Crippen LogP contribution in [0.5, 0.6) is 5.75 Å². The Balaban J connectivity index is 1.34. The van der Waals surface area contributed by atoms with E-state index < -0.39 is 0 Å². The standard InChI is InChI=1S/C25H29NO3/c1-3-25(15-7-16-25)23(27)19-10-12-21(13-11-19)28-17-14-22-18(2)29-24(26-22)20-8-5-4-6-9-20/h4-6,8-13,23,27H,3,7,14-17H2,1-2H3. The Morgan fingerprint density at radius 3 is 2.45 bits per heavy atom. The molecule has 1 heterocycles. The van der Waals surface area contributed by atoms with Crippen molar-refractivity contribution in [3.05, 3.63) is 71.6 Å². The first kappa shape index (κ1) is 19.7. The Labute approximate surface area is 172 Å². The van der Waals surface area contributed by atoms with E-state index in [0.29, 0.717) is 18.9 Å². The minimum atomic E-state index is -0.385. The summed E-state index contributed by atoms with van der Waals surface area (Å²) in [5, 5.41) is 10.8. The van der Waals surface area contributed by atoms with Crippen molar-refractivity contribution in [2.75, 3.05) is 6.61 Å². The van der Waals surface area contributed by atoms with Crippen LogP contribution in [0.4, 0.5) is 0 Å². The van der Waals surface area contributed by atoms with Gasteiger partial charge in [-0.05, 0) is 56.0 Å². The molecule has 152 valence electrons. The second-order valence-corrected chi connectivity index (χ2v) is 8.03. The number of aromatic nitrogens is 1. The molecule has 3 aromatic rings. The van der Waals surface area contributed by atoms with Gasteiger partial charge in [-0.25, -0.2) is 4.98 Å². The molecule has 1 aromatic heterocycles. The molecular weight excluding hydrogens is 362 g/mol. The molecule has 4 heteroatoms. The van der Waals surface area contributed by atoms with E-state index in [4.69, 9.17) is 9.15 Å². The minimum Gasteiger partial charge on any atom is -0.493 e. The van der Waals surface area contributed by atoms with Crippen LogP contribution in [-0.2, 0) is 6.42 Å². The van der Waals surface area contributed by atoms with Crippen LogP contribution in [0.25, 0.3) is 11.5 Å². The Morgan fingerprint density at radius 2 is 1.83 bits per heavy atom. The van der Waals surface area contributed by atoms with Gasteiger partial charge in [0.05, 0.1) is 18.4 Å². The van der Waals surface area contributed by atoms with E-state index in [-0.39, 0.29) is 11.5 Å². The monoisotopic (exact) mass is 391 g/mol. The van der Waals surface area contributed by atoms with Gasteiger partial charge in [0.15, 0.2) is 0 Å². The molecule has 1 aliphatic carbocycles. The summed E-state index contributed by atoms with van der Waals surface area (Å²) in [5.41, 5.74) is 2.96. The van der Waals surface area contributed by atoms with Crippen LogP contribution in [0.1, 0.15) is 55.7 Å². The van der Waals surface area contributed by atoms with E-state index in [1.165, 1.54) is 6.42 Å². The van der Waals surface area contributed by atoms with Gasteiger partial charge in [-0.1, -0.05) is 43.7 Å². The first-order valence-corrected chi connectivity index (χ1v) is 10.5. The number of rotatable bonds is 8. The topological polar surface area (TPSA) is 55.5 Å². The summed E-state index contributed by atoms with van der Waals surface area (Å²) < 4.78 is 11.7. The molecule has 2 aromatic carbocycles. The minimum absolute atomic E-state index is 0.0727. The number of nitrogens with zero attached hydrogens (tertiary/aromatic N) is 1. The lowest BCUT2D eigenvalue weighted by atomic mass is 9.62. The summed E-state index contributed by atoms with van der Waals surface area (Å²) in [6, 6.07) is 17.8. The maximum Gasteiger partial charge on any atom is 0.226 e. The zero-order valence-corrected chi connectivity index (χ0v) is 17.2. The molecule has 1 aliphatic rings. The third-order valence-corrected chi connectivity index (χ3v) is 6.35. The highest BCUT2D eigenvalue weighted by atomic mass is 16.5. The van der Waals surface area contributed by atoms with Crippen LogP contribution in [0.3, 0.4) is 0 Å². The van der Waals surface area contributed by atoms with Gasteiger partial charge in [0.25, 0.3) is 0 Å². The van der Waals surface area contributed by atoms with Gasteiger partial charge in [-0.3, -0.25) is 0 Å². The number of aryl methyl sites for hydroxylation is 1. The Bertz CT molecular complexity index is 921. The van der Waals surface area contributed by atoms with E-state index >= 15 is 0 Å². The van der Waals surface area contributed by atoms with E-state index in [1.807, 2.05) is 61.5 Å². The van der Waals surface area contributed by atoms with Crippen molar-refractivity contribution < 1.29 is 14.3 Å². The molecule has 29 heavy (non-hydrogen) atoms. The molecule has 4 nitrogen and oxygen atoms in total. The number of hydrogen-bond acceptors (Lipinski definition) is 4. The Hall–Kier alpha value is -2.59. The molecular formula is C25H29NO3. The molecule has 0 spiro atoms. The summed E-state index contributed by atoms with van der Waals surface area (Å²) in [6.45, 7) is 4.65. The molecule has 1 unspecified atom stereocenters. The maximum atomic E-state index is 10.8. The van der Waals surface area contributed by atoms with Crippen molar-refractivity contribution in [3.63, 3.8) is 0 Å². The number of aliphatic hydroxyl groups excluding tert-OH is 1. The zero-order chi connectivity index (χ0) is 20.3. The summed E-state index contributed by atoms with van der Waals surface area (Å²) in [5.74, 6) is 2.29. The summed E-state index contributed by atoms with van der Waals surface area (Å²) in [6.07, 6.45) is 4.78. The van der Waals surface area contributed by atoms with Crippen LogP contribution >= 0.6 is 0 Å². The average Bonchev–Trinajstić information content (AvgIpc) is 3.09. The number of oxazole rings is 1. The lowest BCUT2D eigenvalue weighted by Crippen LogP contribution is -2.35. The van der Waals surface area contributed by atoms with Crippen LogP contribution in [0, 0.1) is 12.3 Å². The van der Waals surface area contributed by atoms with Crippen LogP contribution in [-0.4, -0.2) is 16.7 Å². The molecule has 0 amide bonds. The fourth-order valence-corrected chi connectivity index (χ4v) is 4.18. The molecule has 1 N–H and O–H groups in total. The number of hydrogen-bond donors (Lipinski definition) is 1. The average molecular weight is 392 g/mol. The highest BCUT2D eigenvalue weighted by Gasteiger charge is 2.42. The fraction of sp³-hybridized carbons (Fsp3) is 0.400. The second kappa shape index (κ2) is 8.42. The van der Waals surface area contributed by atoms with Gasteiger partial charge < -0.3 is 14.3 Å². The lowest BCUT2D eigenvalue weighted by Gasteiger charge is -2.45. The number of ether oxygens (including phenoxy) is 1. The van der Waals surface area contributed by atoms with Crippen molar-refractivity contribution in [3.8, 4) is 17.2 Å². The first-order chi connectivity index (χ1) is 14.1. The summed E-state index contributed by atoms with van der Waals surface area (Å²) in [4.78, 5) is 4.62. The third kappa shape index (κ3) is 4.08. The zero-order valence-electron chi connectivity index (χ0n) is 17.2. The molecule has 4 rings (SSSR count). The van der Waals surface area contributed by atoms with Crippen molar-refractivity contribution in [1.29, 1.82) is 0 Å². The molecule has 1 saturated carbocycles. The molecule has 0 radical (unpaired) electrons. The van der Waals surface area contributed by atoms with E-state index in [0.717, 1.165) is 47.6 Å². The molecule has 0 aliphatic heterocycles. The third-order valence-electron chi connectivity index (χ3n) is 6.35. The molecule has 1 atom stereocenters. The van der Waals surface area contributed by atoms with Crippen molar-refractivity contribution in [1.82, 2.24) is 4.98 Å². The molecule has 0 bridgehead atoms. The van der Waals surface area contributed by atoms with Gasteiger partial charge in [0.1, 0.15) is 11.5 Å². The van der Waals surface area contributed by atoms with Crippen LogP contribution in [0.2, 0.25) is 0 Å².